The van der Waals surface area contributed by atoms with Gasteiger partial charge in [0.25, 0.3) is 0 Å². The number of nitrogens with one attached hydrogen (secondary N) is 2. The number of hydrogen-bond donors (Lipinski definition) is 2. The lowest BCUT2D eigenvalue weighted by atomic mass is 9.83. The van der Waals surface area contributed by atoms with Gasteiger partial charge in [-0.1, -0.05) is 24.3 Å². The lowest BCUT2D eigenvalue weighted by molar-refractivity contribution is -0.140. The summed E-state index contributed by atoms with van der Waals surface area (Å²) in [5, 5.41) is 3.81. The van der Waals surface area contributed by atoms with Crippen LogP contribution in [0.3, 0.4) is 0 Å². The molecule has 6 nitrogen and oxygen atoms in total. The molecule has 1 fully saturated rings. The quantitative estimate of drug-likeness (QED) is 0.679. The maximum Gasteiger partial charge on any atom is 0.431 e. The number of rotatable bonds is 3. The van der Waals surface area contributed by atoms with E-state index in [0.717, 1.165) is 32.0 Å². The van der Waals surface area contributed by atoms with Crippen molar-refractivity contribution in [2.45, 2.75) is 31.1 Å². The maximum absolute atomic E-state index is 13.2. The zero-order valence-electron chi connectivity index (χ0n) is 16.2. The van der Waals surface area contributed by atoms with Crippen molar-refractivity contribution < 1.29 is 17.9 Å². The fourth-order valence-electron chi connectivity index (χ4n) is 4.57. The molecule has 1 aliphatic carbocycles. The number of alkyl halides is 3. The van der Waals surface area contributed by atoms with Crippen LogP contribution in [-0.4, -0.2) is 52.2 Å². The Balaban J connectivity index is 1.54. The molecule has 30 heavy (non-hydrogen) atoms. The van der Waals surface area contributed by atoms with Crippen LogP contribution < -0.4 is 5.32 Å². The van der Waals surface area contributed by atoms with Crippen LogP contribution in [0.1, 0.15) is 29.3 Å². The third-order valence-corrected chi connectivity index (χ3v) is 6.02. The first kappa shape index (κ1) is 19.3. The molecule has 0 saturated carbocycles. The molecule has 1 aliphatic heterocycles. The molecule has 2 N–H and O–H groups in total. The summed E-state index contributed by atoms with van der Waals surface area (Å²) < 4.78 is 45.1. The molecule has 3 aromatic rings. The van der Waals surface area contributed by atoms with E-state index in [1.54, 1.807) is 0 Å². The summed E-state index contributed by atoms with van der Waals surface area (Å²) >= 11 is 0. The second kappa shape index (κ2) is 7.55. The molecule has 1 aromatic carbocycles. The molecule has 9 heteroatoms. The minimum atomic E-state index is -4.47. The summed E-state index contributed by atoms with van der Waals surface area (Å²) in [6.07, 6.45) is -1.24. The molecule has 0 unspecified atom stereocenters. The lowest BCUT2D eigenvalue weighted by Gasteiger charge is -2.43. The highest BCUT2D eigenvalue weighted by Gasteiger charge is 2.36. The molecule has 0 bridgehead atoms. The van der Waals surface area contributed by atoms with Gasteiger partial charge in [0.1, 0.15) is 23.5 Å². The Kier molecular flexibility index (Phi) is 4.86. The number of nitrogens with zero attached hydrogens (tertiary/aromatic N) is 3. The second-order valence-electron chi connectivity index (χ2n) is 7.74. The van der Waals surface area contributed by atoms with Crippen molar-refractivity contribution in [3.63, 3.8) is 0 Å². The Bertz CT molecular complexity index is 1040. The van der Waals surface area contributed by atoms with Gasteiger partial charge < -0.3 is 15.0 Å². The van der Waals surface area contributed by atoms with Gasteiger partial charge in [-0.05, 0) is 30.0 Å². The number of H-pyrrole nitrogens is 1. The van der Waals surface area contributed by atoms with Crippen LogP contribution in [0.15, 0.2) is 36.7 Å². The van der Waals surface area contributed by atoms with Crippen molar-refractivity contribution >= 4 is 16.9 Å². The molecule has 0 amide bonds. The highest BCUT2D eigenvalue weighted by molar-refractivity contribution is 5.88. The minimum Gasteiger partial charge on any atom is -0.379 e. The van der Waals surface area contributed by atoms with Crippen molar-refractivity contribution in [2.75, 3.05) is 31.6 Å². The third-order valence-electron chi connectivity index (χ3n) is 6.02. The van der Waals surface area contributed by atoms with Crippen LogP contribution in [0.5, 0.6) is 0 Å². The number of aromatic amines is 1. The van der Waals surface area contributed by atoms with Gasteiger partial charge in [0, 0.05) is 19.1 Å². The molecular weight excluding hydrogens is 395 g/mol. The van der Waals surface area contributed by atoms with E-state index in [1.165, 1.54) is 17.5 Å². The van der Waals surface area contributed by atoms with Gasteiger partial charge in [0.2, 0.25) is 0 Å². The van der Waals surface area contributed by atoms with Crippen LogP contribution in [0, 0.1) is 0 Å². The van der Waals surface area contributed by atoms with Crippen LogP contribution in [-0.2, 0) is 17.3 Å². The van der Waals surface area contributed by atoms with Gasteiger partial charge in [0.15, 0.2) is 0 Å². The highest BCUT2D eigenvalue weighted by Crippen LogP contribution is 2.38. The topological polar surface area (TPSA) is 66.1 Å². The number of aryl methyl sites for hydroxylation is 1. The van der Waals surface area contributed by atoms with Crippen molar-refractivity contribution in [3.05, 3.63) is 53.5 Å². The smallest absolute Gasteiger partial charge is 0.379 e. The number of fused-ring (bicyclic) bond motifs is 2. The number of aromatic nitrogens is 3. The summed E-state index contributed by atoms with van der Waals surface area (Å²) in [6.45, 7) is 3.06. The molecule has 2 aromatic heterocycles. The molecule has 2 atom stereocenters. The number of ether oxygens (including phenoxy) is 1. The van der Waals surface area contributed by atoms with Crippen molar-refractivity contribution in [1.29, 1.82) is 0 Å². The van der Waals surface area contributed by atoms with E-state index < -0.39 is 11.9 Å². The molecule has 0 spiro atoms. The molecule has 0 radical (unpaired) electrons. The van der Waals surface area contributed by atoms with Crippen LogP contribution in [0.4, 0.5) is 19.0 Å². The Labute approximate surface area is 171 Å². The second-order valence-corrected chi connectivity index (χ2v) is 7.74. The van der Waals surface area contributed by atoms with Gasteiger partial charge >= 0.3 is 6.18 Å². The van der Waals surface area contributed by atoms with Gasteiger partial charge in [0.05, 0.1) is 24.6 Å². The Morgan fingerprint density at radius 1 is 1.13 bits per heavy atom. The Morgan fingerprint density at radius 2 is 1.93 bits per heavy atom. The van der Waals surface area contributed by atoms with Crippen molar-refractivity contribution in [1.82, 2.24) is 19.9 Å². The zero-order chi connectivity index (χ0) is 20.7. The summed E-state index contributed by atoms with van der Waals surface area (Å²) in [5.41, 5.74) is 1.77. The normalized spacial score (nSPS) is 22.8. The highest BCUT2D eigenvalue weighted by atomic mass is 19.4. The average molecular weight is 417 g/mol. The molecule has 2 aliphatic rings. The average Bonchev–Trinajstić information content (AvgIpc) is 3.21. The van der Waals surface area contributed by atoms with Gasteiger partial charge in [-0.25, -0.2) is 9.97 Å². The van der Waals surface area contributed by atoms with Gasteiger partial charge in [-0.3, -0.25) is 4.90 Å². The predicted molar refractivity (Wildman–Crippen MR) is 106 cm³/mol. The number of morpholine rings is 1. The number of anilines is 1. The van der Waals surface area contributed by atoms with Gasteiger partial charge in [-0.2, -0.15) is 13.2 Å². The van der Waals surface area contributed by atoms with Crippen LogP contribution in [0.2, 0.25) is 0 Å². The molecule has 1 saturated heterocycles. The molecule has 158 valence electrons. The fourth-order valence-corrected chi connectivity index (χ4v) is 4.57. The lowest BCUT2D eigenvalue weighted by Crippen LogP contribution is -2.49. The summed E-state index contributed by atoms with van der Waals surface area (Å²) in [6, 6.07) is 9.43. The van der Waals surface area contributed by atoms with Crippen LogP contribution >= 0.6 is 0 Å². The zero-order valence-corrected chi connectivity index (χ0v) is 16.2. The summed E-state index contributed by atoms with van der Waals surface area (Å²) in [5.74, 6) is 0.409. The minimum absolute atomic E-state index is 0.0876. The maximum atomic E-state index is 13.2. The first-order chi connectivity index (χ1) is 14.5. The number of benzene rings is 1. The van der Waals surface area contributed by atoms with E-state index in [1.807, 2.05) is 12.1 Å². The van der Waals surface area contributed by atoms with E-state index in [9.17, 15) is 13.2 Å². The third kappa shape index (κ3) is 3.52. The summed E-state index contributed by atoms with van der Waals surface area (Å²) in [7, 11) is 0. The predicted octanol–water partition coefficient (Wildman–Crippen LogP) is 3.78. The molecule has 5 rings (SSSR count). The SMILES string of the molecule is FC(F)(F)c1cc2c(N[C@@H]3c4ccccc4CC[C@H]3N3CCOCC3)ncnc2[nH]1. The summed E-state index contributed by atoms with van der Waals surface area (Å²) in [4.78, 5) is 13.1. The standard InChI is InChI=1S/C21H22F3N5O/c22-21(23,24)17-11-15-19(27-17)25-12-26-20(15)28-18-14-4-2-1-3-13(14)5-6-16(18)29-7-9-30-10-8-29/h1-4,11-12,16,18H,5-10H2,(H2,25,26,27,28)/t16-,18-/m1/s1. The van der Waals surface area contributed by atoms with E-state index in [4.69, 9.17) is 4.74 Å². The van der Waals surface area contributed by atoms with Gasteiger partial charge in [-0.15, -0.1) is 0 Å². The number of halogens is 3. The van der Waals surface area contributed by atoms with Crippen molar-refractivity contribution in [2.24, 2.45) is 0 Å². The Hall–Kier alpha value is -2.65. The fraction of sp³-hybridized carbons (Fsp3) is 0.429. The monoisotopic (exact) mass is 417 g/mol. The Morgan fingerprint density at radius 3 is 2.73 bits per heavy atom. The van der Waals surface area contributed by atoms with E-state index in [0.29, 0.717) is 24.4 Å². The molecule has 3 heterocycles. The first-order valence-corrected chi connectivity index (χ1v) is 10.1. The van der Waals surface area contributed by atoms with Crippen molar-refractivity contribution in [3.8, 4) is 0 Å². The van der Waals surface area contributed by atoms with E-state index >= 15 is 0 Å². The van der Waals surface area contributed by atoms with Crippen LogP contribution in [0.25, 0.3) is 11.0 Å². The number of hydrogen-bond acceptors (Lipinski definition) is 5. The first-order valence-electron chi connectivity index (χ1n) is 10.1. The van der Waals surface area contributed by atoms with E-state index in [2.05, 4.69) is 37.3 Å². The molecular formula is C21H22F3N5O. The van der Waals surface area contributed by atoms with E-state index in [-0.39, 0.29) is 17.7 Å². The largest absolute Gasteiger partial charge is 0.431 e.